The van der Waals surface area contributed by atoms with Gasteiger partial charge in [0.15, 0.2) is 0 Å². The Hall–Kier alpha value is -2.02. The first kappa shape index (κ1) is 14.4. The molecular formula is C13H15N3O3S. The topological polar surface area (TPSA) is 91.2 Å². The average Bonchev–Trinajstić information content (AvgIpc) is 2.71. The number of pyridine rings is 1. The lowest BCUT2D eigenvalue weighted by Gasteiger charge is -2.06. The summed E-state index contributed by atoms with van der Waals surface area (Å²) in [5.41, 5.74) is 7.14. The molecule has 0 atom stereocenters. The van der Waals surface area contributed by atoms with E-state index in [0.29, 0.717) is 22.4 Å². The largest absolute Gasteiger partial charge is 0.462 e. The van der Waals surface area contributed by atoms with Gasteiger partial charge in [0, 0.05) is 0 Å². The molecule has 0 aliphatic carbocycles. The Bertz CT molecular complexity index is 620. The standard InChI is InChI=1S/C13H15N3O3S/c1-4-18-12(17)9-5-11(15-6-10(9)14)20-13-16-7(2)8(3)19-13/h5-6H,4,14H2,1-3H3. The second kappa shape index (κ2) is 5.96. The van der Waals surface area contributed by atoms with E-state index in [1.165, 1.54) is 18.0 Å². The number of nitrogens with two attached hydrogens (primary N) is 1. The lowest BCUT2D eigenvalue weighted by atomic mass is 10.2. The van der Waals surface area contributed by atoms with Crippen molar-refractivity contribution in [1.29, 1.82) is 0 Å². The Kier molecular flexibility index (Phi) is 4.29. The third kappa shape index (κ3) is 3.11. The molecule has 0 aliphatic rings. The molecule has 20 heavy (non-hydrogen) atoms. The van der Waals surface area contributed by atoms with Crippen LogP contribution in [0.3, 0.4) is 0 Å². The molecule has 0 spiro atoms. The van der Waals surface area contributed by atoms with Gasteiger partial charge in [0.25, 0.3) is 5.22 Å². The van der Waals surface area contributed by atoms with Crippen molar-refractivity contribution in [1.82, 2.24) is 9.97 Å². The quantitative estimate of drug-likeness (QED) is 0.866. The average molecular weight is 293 g/mol. The minimum atomic E-state index is -0.464. The normalized spacial score (nSPS) is 10.6. The SMILES string of the molecule is CCOC(=O)c1cc(Sc2nc(C)c(C)o2)ncc1N. The fourth-order valence-corrected chi connectivity index (χ4v) is 2.27. The molecule has 2 heterocycles. The molecule has 0 fully saturated rings. The van der Waals surface area contributed by atoms with E-state index in [2.05, 4.69) is 9.97 Å². The third-order valence-electron chi connectivity index (χ3n) is 2.61. The zero-order chi connectivity index (χ0) is 14.7. The number of ether oxygens (including phenoxy) is 1. The molecule has 0 aliphatic heterocycles. The minimum absolute atomic E-state index is 0.285. The van der Waals surface area contributed by atoms with Gasteiger partial charge in [-0.25, -0.2) is 14.8 Å². The van der Waals surface area contributed by atoms with E-state index < -0.39 is 5.97 Å². The molecule has 7 heteroatoms. The van der Waals surface area contributed by atoms with Gasteiger partial charge in [-0.05, 0) is 38.6 Å². The van der Waals surface area contributed by atoms with E-state index in [4.69, 9.17) is 14.9 Å². The summed E-state index contributed by atoms with van der Waals surface area (Å²) in [5.74, 6) is 0.294. The first-order valence-electron chi connectivity index (χ1n) is 6.05. The lowest BCUT2D eigenvalue weighted by molar-refractivity contribution is 0.0527. The van der Waals surface area contributed by atoms with Crippen molar-refractivity contribution in [2.24, 2.45) is 0 Å². The van der Waals surface area contributed by atoms with Crippen LogP contribution in [0, 0.1) is 13.8 Å². The number of rotatable bonds is 4. The Morgan fingerprint density at radius 1 is 1.50 bits per heavy atom. The summed E-state index contributed by atoms with van der Waals surface area (Å²) < 4.78 is 10.4. The van der Waals surface area contributed by atoms with Crippen LogP contribution in [0.25, 0.3) is 0 Å². The number of nitrogens with zero attached hydrogens (tertiary/aromatic N) is 2. The molecule has 0 bridgehead atoms. The fourth-order valence-electron chi connectivity index (χ4n) is 1.46. The number of carbonyl (C=O) groups excluding carboxylic acids is 1. The Morgan fingerprint density at radius 2 is 2.25 bits per heavy atom. The Balaban J connectivity index is 2.25. The van der Waals surface area contributed by atoms with Crippen LogP contribution < -0.4 is 5.73 Å². The maximum absolute atomic E-state index is 11.8. The molecule has 2 N–H and O–H groups in total. The summed E-state index contributed by atoms with van der Waals surface area (Å²) in [6.07, 6.45) is 1.43. The van der Waals surface area contributed by atoms with E-state index in [1.807, 2.05) is 13.8 Å². The van der Waals surface area contributed by atoms with Crippen molar-refractivity contribution in [3.05, 3.63) is 29.3 Å². The molecule has 0 radical (unpaired) electrons. The Morgan fingerprint density at radius 3 is 2.85 bits per heavy atom. The highest BCUT2D eigenvalue weighted by atomic mass is 32.2. The molecule has 2 rings (SSSR count). The fraction of sp³-hybridized carbons (Fsp3) is 0.308. The van der Waals surface area contributed by atoms with Crippen molar-refractivity contribution in [2.45, 2.75) is 31.0 Å². The number of hydrogen-bond donors (Lipinski definition) is 1. The molecule has 0 aromatic carbocycles. The second-order valence-electron chi connectivity index (χ2n) is 4.05. The van der Waals surface area contributed by atoms with E-state index in [0.717, 1.165) is 11.5 Å². The summed E-state index contributed by atoms with van der Waals surface area (Å²) in [5, 5.41) is 1.05. The summed E-state index contributed by atoms with van der Waals surface area (Å²) in [6, 6.07) is 1.58. The summed E-state index contributed by atoms with van der Waals surface area (Å²) in [7, 11) is 0. The smallest absolute Gasteiger partial charge is 0.340 e. The second-order valence-corrected chi connectivity index (χ2v) is 5.03. The molecule has 2 aromatic heterocycles. The van der Waals surface area contributed by atoms with Gasteiger partial charge >= 0.3 is 5.97 Å². The minimum Gasteiger partial charge on any atom is -0.462 e. The highest BCUT2D eigenvalue weighted by molar-refractivity contribution is 7.99. The van der Waals surface area contributed by atoms with Crippen LogP contribution >= 0.6 is 11.8 Å². The van der Waals surface area contributed by atoms with Gasteiger partial charge in [-0.3, -0.25) is 0 Å². The van der Waals surface area contributed by atoms with Crippen molar-refractivity contribution in [3.8, 4) is 0 Å². The highest BCUT2D eigenvalue weighted by Gasteiger charge is 2.15. The van der Waals surface area contributed by atoms with Crippen LogP contribution in [-0.4, -0.2) is 22.5 Å². The number of nitrogen functional groups attached to an aromatic ring is 1. The molecule has 0 amide bonds. The predicted octanol–water partition coefficient (Wildman–Crippen LogP) is 2.60. The summed E-state index contributed by atoms with van der Waals surface area (Å²) >= 11 is 1.23. The van der Waals surface area contributed by atoms with Gasteiger partial charge in [-0.1, -0.05) is 0 Å². The van der Waals surface area contributed by atoms with Gasteiger partial charge in [0.1, 0.15) is 10.8 Å². The molecular weight excluding hydrogens is 278 g/mol. The Labute approximate surface area is 120 Å². The van der Waals surface area contributed by atoms with Crippen LogP contribution in [0.5, 0.6) is 0 Å². The van der Waals surface area contributed by atoms with Crippen molar-refractivity contribution in [3.63, 3.8) is 0 Å². The first-order valence-corrected chi connectivity index (χ1v) is 6.87. The summed E-state index contributed by atoms with van der Waals surface area (Å²) in [4.78, 5) is 20.1. The van der Waals surface area contributed by atoms with Gasteiger partial charge in [0.2, 0.25) is 0 Å². The van der Waals surface area contributed by atoms with Crippen LogP contribution in [0.2, 0.25) is 0 Å². The number of oxazole rings is 1. The van der Waals surface area contributed by atoms with E-state index >= 15 is 0 Å². The highest BCUT2D eigenvalue weighted by Crippen LogP contribution is 2.28. The van der Waals surface area contributed by atoms with Crippen LogP contribution in [0.15, 0.2) is 26.9 Å². The molecule has 6 nitrogen and oxygen atoms in total. The molecule has 0 saturated heterocycles. The van der Waals surface area contributed by atoms with Crippen LogP contribution in [-0.2, 0) is 4.74 Å². The number of anilines is 1. The monoisotopic (exact) mass is 293 g/mol. The van der Waals surface area contributed by atoms with E-state index in [9.17, 15) is 4.79 Å². The molecule has 106 valence electrons. The van der Waals surface area contributed by atoms with Gasteiger partial charge < -0.3 is 14.9 Å². The zero-order valence-corrected chi connectivity index (χ0v) is 12.3. The summed E-state index contributed by atoms with van der Waals surface area (Å²) in [6.45, 7) is 5.74. The van der Waals surface area contributed by atoms with E-state index in [1.54, 1.807) is 13.0 Å². The number of hydrogen-bond acceptors (Lipinski definition) is 7. The number of aromatic nitrogens is 2. The first-order chi connectivity index (χ1) is 9.51. The van der Waals surface area contributed by atoms with Crippen LogP contribution in [0.4, 0.5) is 5.69 Å². The maximum atomic E-state index is 11.8. The lowest BCUT2D eigenvalue weighted by Crippen LogP contribution is -2.08. The number of esters is 1. The van der Waals surface area contributed by atoms with Gasteiger partial charge in [0.05, 0.1) is 29.7 Å². The van der Waals surface area contributed by atoms with Gasteiger partial charge in [-0.15, -0.1) is 0 Å². The predicted molar refractivity (Wildman–Crippen MR) is 74.7 cm³/mol. The number of carbonyl (C=O) groups is 1. The van der Waals surface area contributed by atoms with Gasteiger partial charge in [-0.2, -0.15) is 0 Å². The van der Waals surface area contributed by atoms with Crippen molar-refractivity contribution in [2.75, 3.05) is 12.3 Å². The zero-order valence-electron chi connectivity index (χ0n) is 11.5. The maximum Gasteiger partial charge on any atom is 0.340 e. The molecule has 0 saturated carbocycles. The van der Waals surface area contributed by atoms with Crippen molar-refractivity contribution >= 4 is 23.4 Å². The molecule has 0 unspecified atom stereocenters. The van der Waals surface area contributed by atoms with Crippen LogP contribution in [0.1, 0.15) is 28.7 Å². The number of aryl methyl sites for hydroxylation is 2. The van der Waals surface area contributed by atoms with E-state index in [-0.39, 0.29) is 5.69 Å². The van der Waals surface area contributed by atoms with Crippen molar-refractivity contribution < 1.29 is 13.9 Å². The third-order valence-corrected chi connectivity index (χ3v) is 3.39. The molecule has 2 aromatic rings.